The Morgan fingerprint density at radius 1 is 1.00 bits per heavy atom. The van der Waals surface area contributed by atoms with Gasteiger partial charge in [-0.3, -0.25) is 9.69 Å². The van der Waals surface area contributed by atoms with Gasteiger partial charge in [-0.25, -0.2) is 9.97 Å². The second kappa shape index (κ2) is 12.0. The molecule has 9 nitrogen and oxygen atoms in total. The topological polar surface area (TPSA) is 100 Å². The van der Waals surface area contributed by atoms with Crippen LogP contribution in [0.1, 0.15) is 42.9 Å². The molecule has 2 aliphatic rings. The number of nitrogens with zero attached hydrogens (tertiary/aromatic N) is 4. The predicted octanol–water partition coefficient (Wildman–Crippen LogP) is 3.54. The van der Waals surface area contributed by atoms with Gasteiger partial charge in [0.1, 0.15) is 0 Å². The van der Waals surface area contributed by atoms with Gasteiger partial charge in [0.05, 0.1) is 18.8 Å². The Kier molecular flexibility index (Phi) is 8.29. The van der Waals surface area contributed by atoms with Gasteiger partial charge in [-0.1, -0.05) is 43.3 Å². The van der Waals surface area contributed by atoms with E-state index in [1.54, 1.807) is 12.4 Å². The van der Waals surface area contributed by atoms with Crippen LogP contribution in [0.5, 0.6) is 0 Å². The first-order valence-electron chi connectivity index (χ1n) is 13.1. The van der Waals surface area contributed by atoms with E-state index < -0.39 is 6.29 Å². The summed E-state index contributed by atoms with van der Waals surface area (Å²) >= 11 is 0. The largest absolute Gasteiger partial charge is 0.392 e. The van der Waals surface area contributed by atoms with Gasteiger partial charge < -0.3 is 24.8 Å². The predicted molar refractivity (Wildman–Crippen MR) is 144 cm³/mol. The SMILES string of the molecule is CC(=O)Nc1cccc(C2OC(CN3CCN(c4ncccn4)CC3)C(C)C(c3ccc(CO)cc3)O2)c1. The average molecular weight is 518 g/mol. The molecule has 3 aromatic rings. The minimum absolute atomic E-state index is 0.00561. The summed E-state index contributed by atoms with van der Waals surface area (Å²) in [6.45, 7) is 7.95. The average Bonchev–Trinajstić information content (AvgIpc) is 2.95. The first kappa shape index (κ1) is 26.2. The first-order chi connectivity index (χ1) is 18.5. The molecule has 0 saturated carbocycles. The van der Waals surface area contributed by atoms with Crippen molar-refractivity contribution in [3.8, 4) is 0 Å². The third kappa shape index (κ3) is 6.19. The molecule has 2 N–H and O–H groups in total. The fourth-order valence-corrected chi connectivity index (χ4v) is 5.13. The molecule has 4 atom stereocenters. The van der Waals surface area contributed by atoms with Crippen LogP contribution in [0.4, 0.5) is 11.6 Å². The molecule has 0 aliphatic carbocycles. The molecule has 2 aromatic carbocycles. The van der Waals surface area contributed by atoms with Crippen LogP contribution in [0.2, 0.25) is 0 Å². The van der Waals surface area contributed by atoms with E-state index in [9.17, 15) is 9.90 Å². The number of aliphatic hydroxyl groups is 1. The number of hydrogen-bond donors (Lipinski definition) is 2. The van der Waals surface area contributed by atoms with Crippen LogP contribution >= 0.6 is 0 Å². The van der Waals surface area contributed by atoms with Crippen LogP contribution in [0.25, 0.3) is 0 Å². The van der Waals surface area contributed by atoms with Crippen LogP contribution in [0.15, 0.2) is 67.0 Å². The van der Waals surface area contributed by atoms with Crippen molar-refractivity contribution in [3.63, 3.8) is 0 Å². The van der Waals surface area contributed by atoms with Crippen LogP contribution in [-0.2, 0) is 20.9 Å². The number of rotatable bonds is 7. The number of hydrogen-bond acceptors (Lipinski definition) is 8. The molecule has 38 heavy (non-hydrogen) atoms. The standard InChI is InChI=1S/C29H35N5O4/c1-20-26(18-33-13-15-34(16-14-33)29-30-11-4-12-31-29)37-28(24-5-3-6-25(17-24)32-21(2)36)38-27(20)23-9-7-22(19-35)8-10-23/h3-12,17,20,26-28,35H,13-16,18-19H2,1-2H3,(H,32,36). The van der Waals surface area contributed by atoms with Gasteiger partial charge in [0.2, 0.25) is 11.9 Å². The fraction of sp³-hybridized carbons (Fsp3) is 0.414. The summed E-state index contributed by atoms with van der Waals surface area (Å²) in [7, 11) is 0. The third-order valence-electron chi connectivity index (χ3n) is 7.25. The Morgan fingerprint density at radius 2 is 1.74 bits per heavy atom. The second-order valence-corrected chi connectivity index (χ2v) is 9.97. The normalized spacial score (nSPS) is 24.2. The molecule has 1 aromatic heterocycles. The monoisotopic (exact) mass is 517 g/mol. The van der Waals surface area contributed by atoms with Crippen molar-refractivity contribution in [3.05, 3.63) is 83.7 Å². The molecular formula is C29H35N5O4. The third-order valence-corrected chi connectivity index (χ3v) is 7.25. The molecule has 3 heterocycles. The number of carbonyl (C=O) groups excluding carboxylic acids is 1. The second-order valence-electron chi connectivity index (χ2n) is 9.97. The Morgan fingerprint density at radius 3 is 2.42 bits per heavy atom. The minimum atomic E-state index is -0.577. The Balaban J connectivity index is 1.34. The number of piperazine rings is 1. The van der Waals surface area contributed by atoms with E-state index in [1.807, 2.05) is 54.6 Å². The Labute approximate surface area is 223 Å². The maximum absolute atomic E-state index is 11.6. The van der Waals surface area contributed by atoms with Crippen molar-refractivity contribution in [1.29, 1.82) is 0 Å². The Hall–Kier alpha value is -3.37. The highest BCUT2D eigenvalue weighted by Crippen LogP contribution is 2.42. The molecule has 5 rings (SSSR count). The maximum atomic E-state index is 11.6. The molecule has 200 valence electrons. The van der Waals surface area contributed by atoms with Crippen molar-refractivity contribution in [2.75, 3.05) is 42.9 Å². The summed E-state index contributed by atoms with van der Waals surface area (Å²) in [6, 6.07) is 17.4. The molecular weight excluding hydrogens is 482 g/mol. The zero-order valence-electron chi connectivity index (χ0n) is 21.9. The number of ether oxygens (including phenoxy) is 2. The molecule has 4 unspecified atom stereocenters. The lowest BCUT2D eigenvalue weighted by atomic mass is 9.90. The highest BCUT2D eigenvalue weighted by Gasteiger charge is 2.39. The van der Waals surface area contributed by atoms with Crippen molar-refractivity contribution in [2.45, 2.75) is 39.0 Å². The summed E-state index contributed by atoms with van der Waals surface area (Å²) in [6.07, 6.45) is 2.72. The smallest absolute Gasteiger partial charge is 0.225 e. The van der Waals surface area contributed by atoms with Crippen LogP contribution < -0.4 is 10.2 Å². The highest BCUT2D eigenvalue weighted by molar-refractivity contribution is 5.88. The van der Waals surface area contributed by atoms with E-state index >= 15 is 0 Å². The summed E-state index contributed by atoms with van der Waals surface area (Å²) in [5.74, 6) is 0.745. The van der Waals surface area contributed by atoms with Crippen molar-refractivity contribution >= 4 is 17.5 Å². The summed E-state index contributed by atoms with van der Waals surface area (Å²) in [5.41, 5.74) is 3.48. The number of nitrogens with one attached hydrogen (secondary N) is 1. The summed E-state index contributed by atoms with van der Waals surface area (Å²) in [4.78, 5) is 25.0. The zero-order valence-corrected chi connectivity index (χ0v) is 21.9. The molecule has 2 aliphatic heterocycles. The number of anilines is 2. The highest BCUT2D eigenvalue weighted by atomic mass is 16.7. The first-order valence-corrected chi connectivity index (χ1v) is 13.1. The van der Waals surface area contributed by atoms with Gasteiger partial charge >= 0.3 is 0 Å². The zero-order chi connectivity index (χ0) is 26.5. The van der Waals surface area contributed by atoms with E-state index in [1.165, 1.54) is 6.92 Å². The van der Waals surface area contributed by atoms with E-state index in [0.29, 0.717) is 5.69 Å². The number of aliphatic hydroxyl groups excluding tert-OH is 1. The van der Waals surface area contributed by atoms with Gasteiger partial charge in [-0.2, -0.15) is 0 Å². The van der Waals surface area contributed by atoms with E-state index in [2.05, 4.69) is 32.0 Å². The molecule has 1 amide bonds. The number of amides is 1. The number of carbonyl (C=O) groups is 1. The molecule has 2 saturated heterocycles. The van der Waals surface area contributed by atoms with E-state index in [0.717, 1.165) is 55.4 Å². The lowest BCUT2D eigenvalue weighted by molar-refractivity contribution is -0.276. The van der Waals surface area contributed by atoms with Crippen molar-refractivity contribution in [2.24, 2.45) is 5.92 Å². The molecule has 0 spiro atoms. The number of benzene rings is 2. The molecule has 0 radical (unpaired) electrons. The quantitative estimate of drug-likeness (QED) is 0.491. The number of aromatic nitrogens is 2. The van der Waals surface area contributed by atoms with Gasteiger partial charge in [0.25, 0.3) is 0 Å². The molecule has 9 heteroatoms. The Bertz CT molecular complexity index is 1200. The van der Waals surface area contributed by atoms with E-state index in [4.69, 9.17) is 9.47 Å². The van der Waals surface area contributed by atoms with Crippen LogP contribution in [0, 0.1) is 5.92 Å². The molecule has 0 bridgehead atoms. The molecule has 2 fully saturated rings. The van der Waals surface area contributed by atoms with Crippen LogP contribution in [-0.4, -0.2) is 64.7 Å². The fourth-order valence-electron chi connectivity index (χ4n) is 5.13. The van der Waals surface area contributed by atoms with Gasteiger partial charge in [0.15, 0.2) is 6.29 Å². The lowest BCUT2D eigenvalue weighted by Gasteiger charge is -2.44. The minimum Gasteiger partial charge on any atom is -0.392 e. The van der Waals surface area contributed by atoms with Gasteiger partial charge in [-0.05, 0) is 29.3 Å². The lowest BCUT2D eigenvalue weighted by Crippen LogP contribution is -2.51. The van der Waals surface area contributed by atoms with Crippen molar-refractivity contribution in [1.82, 2.24) is 14.9 Å². The summed E-state index contributed by atoms with van der Waals surface area (Å²) < 4.78 is 13.2. The van der Waals surface area contributed by atoms with Crippen molar-refractivity contribution < 1.29 is 19.4 Å². The van der Waals surface area contributed by atoms with Crippen LogP contribution in [0.3, 0.4) is 0 Å². The summed E-state index contributed by atoms with van der Waals surface area (Å²) in [5, 5.41) is 12.3. The van der Waals surface area contributed by atoms with E-state index in [-0.39, 0.29) is 30.6 Å². The van der Waals surface area contributed by atoms with Gasteiger partial charge in [0, 0.05) is 69.2 Å². The van der Waals surface area contributed by atoms with Gasteiger partial charge in [-0.15, -0.1) is 0 Å². The maximum Gasteiger partial charge on any atom is 0.225 e.